The van der Waals surface area contributed by atoms with E-state index in [1.807, 2.05) is 0 Å². The van der Waals surface area contributed by atoms with E-state index in [0.29, 0.717) is 19.4 Å². The van der Waals surface area contributed by atoms with Crippen LogP contribution in [0.25, 0.3) is 0 Å². The van der Waals surface area contributed by atoms with E-state index in [4.69, 9.17) is 16.6 Å². The van der Waals surface area contributed by atoms with Crippen molar-refractivity contribution in [2.24, 2.45) is 11.5 Å². The van der Waals surface area contributed by atoms with Gasteiger partial charge in [-0.25, -0.2) is 0 Å². The second-order valence-electron chi connectivity index (χ2n) is 2.49. The fraction of sp³-hybridized carbons (Fsp3) is 0.667. The molecular weight excluding hydrogens is 176 g/mol. The SMILES string of the molecule is NC(=[N+]=O)NCCC[C@H](N)C(=O)O. The largest absolute Gasteiger partial charge is 0.485 e. The molecule has 0 unspecified atom stereocenters. The lowest BCUT2D eigenvalue weighted by Crippen LogP contribution is -2.35. The maximum absolute atomic E-state index is 10.2. The molecule has 13 heavy (non-hydrogen) atoms. The summed E-state index contributed by atoms with van der Waals surface area (Å²) < 4.78 is 0. The van der Waals surface area contributed by atoms with E-state index < -0.39 is 12.0 Å². The van der Waals surface area contributed by atoms with Crippen LogP contribution in [0.1, 0.15) is 12.8 Å². The highest BCUT2D eigenvalue weighted by Crippen LogP contribution is 1.92. The first-order chi connectivity index (χ1) is 6.07. The van der Waals surface area contributed by atoms with Crippen LogP contribution in [0.4, 0.5) is 0 Å². The molecule has 6 N–H and O–H groups in total. The molecule has 7 heteroatoms. The molecule has 0 saturated heterocycles. The number of hydrogen-bond acceptors (Lipinski definition) is 3. The Labute approximate surface area is 74.8 Å². The summed E-state index contributed by atoms with van der Waals surface area (Å²) in [6.07, 6.45) is 0.845. The number of guanidine groups is 1. The molecular formula is C6H13N4O3+. The highest BCUT2D eigenvalue weighted by molar-refractivity contribution is 5.76. The number of nitrogens with zero attached hydrogens (tertiary/aromatic N) is 1. The second kappa shape index (κ2) is 5.99. The second-order valence-corrected chi connectivity index (χ2v) is 2.49. The van der Waals surface area contributed by atoms with Gasteiger partial charge in [0.1, 0.15) is 6.04 Å². The van der Waals surface area contributed by atoms with Gasteiger partial charge in [0.25, 0.3) is 0 Å². The van der Waals surface area contributed by atoms with E-state index >= 15 is 0 Å². The van der Waals surface area contributed by atoms with E-state index in [1.165, 1.54) is 0 Å². The van der Waals surface area contributed by atoms with Crippen molar-refractivity contribution in [3.8, 4) is 0 Å². The maximum atomic E-state index is 10.2. The highest BCUT2D eigenvalue weighted by Gasteiger charge is 2.11. The monoisotopic (exact) mass is 189 g/mol. The van der Waals surface area contributed by atoms with Gasteiger partial charge in [-0.3, -0.25) is 15.8 Å². The maximum Gasteiger partial charge on any atom is 0.485 e. The number of nitrogens with two attached hydrogens (primary N) is 2. The van der Waals surface area contributed by atoms with E-state index in [1.54, 1.807) is 0 Å². The fourth-order valence-electron chi connectivity index (χ4n) is 0.694. The molecule has 0 heterocycles. The van der Waals surface area contributed by atoms with Crippen LogP contribution in [-0.4, -0.2) is 29.6 Å². The molecule has 0 radical (unpaired) electrons. The van der Waals surface area contributed by atoms with Gasteiger partial charge < -0.3 is 10.8 Å². The molecule has 0 saturated carbocycles. The van der Waals surface area contributed by atoms with Crippen LogP contribution in [-0.2, 0) is 4.79 Å². The molecule has 0 rings (SSSR count). The number of aliphatic carboxylic acids is 1. The van der Waals surface area contributed by atoms with Crippen LogP contribution in [0.5, 0.6) is 0 Å². The predicted octanol–water partition coefficient (Wildman–Crippen LogP) is -2.08. The fourth-order valence-corrected chi connectivity index (χ4v) is 0.694. The van der Waals surface area contributed by atoms with E-state index in [9.17, 15) is 9.70 Å². The zero-order chi connectivity index (χ0) is 10.3. The van der Waals surface area contributed by atoms with Gasteiger partial charge >= 0.3 is 11.9 Å². The molecule has 0 aliphatic carbocycles. The Kier molecular flexibility index (Phi) is 5.25. The standard InChI is InChI=1S/C6H12N4O3/c7-4(5(11)12)2-1-3-9-6(8)10-13/h4H,1-3,7H2,(H3,8,9,11,12)/p+1/t4-/m0/s1. The first-order valence-corrected chi connectivity index (χ1v) is 3.76. The zero-order valence-electron chi connectivity index (χ0n) is 7.06. The van der Waals surface area contributed by atoms with Crippen molar-refractivity contribution in [2.75, 3.05) is 6.54 Å². The highest BCUT2D eigenvalue weighted by atomic mass is 16.4. The van der Waals surface area contributed by atoms with E-state index in [-0.39, 0.29) is 5.96 Å². The third-order valence-corrected chi connectivity index (χ3v) is 1.41. The summed E-state index contributed by atoms with van der Waals surface area (Å²) in [4.78, 5) is 22.4. The van der Waals surface area contributed by atoms with Crippen molar-refractivity contribution in [3.63, 3.8) is 0 Å². The molecule has 1 atom stereocenters. The molecule has 0 aromatic rings. The van der Waals surface area contributed by atoms with Crippen LogP contribution in [0.3, 0.4) is 0 Å². The summed E-state index contributed by atoms with van der Waals surface area (Å²) in [6.45, 7) is 0.387. The lowest BCUT2D eigenvalue weighted by atomic mass is 10.2. The molecule has 0 spiro atoms. The lowest BCUT2D eigenvalue weighted by Gasteiger charge is -2.03. The van der Waals surface area contributed by atoms with Gasteiger partial charge in [0.05, 0.1) is 6.54 Å². The van der Waals surface area contributed by atoms with Crippen molar-refractivity contribution in [1.82, 2.24) is 10.2 Å². The first kappa shape index (κ1) is 11.4. The van der Waals surface area contributed by atoms with Crippen molar-refractivity contribution < 1.29 is 9.90 Å². The minimum atomic E-state index is -1.04. The van der Waals surface area contributed by atoms with Gasteiger partial charge in [-0.15, -0.1) is 0 Å². The van der Waals surface area contributed by atoms with Gasteiger partial charge in [-0.1, -0.05) is 0 Å². The van der Waals surface area contributed by atoms with Crippen molar-refractivity contribution in [2.45, 2.75) is 18.9 Å². The van der Waals surface area contributed by atoms with Gasteiger partial charge in [-0.2, -0.15) is 0 Å². The van der Waals surface area contributed by atoms with Crippen molar-refractivity contribution >= 4 is 11.9 Å². The number of carboxylic acid groups (broad SMARTS) is 1. The Bertz CT molecular complexity index is 224. The number of nitroso groups, excluding NO2 is 1. The molecule has 7 nitrogen and oxygen atoms in total. The van der Waals surface area contributed by atoms with E-state index in [0.717, 1.165) is 0 Å². The molecule has 0 aromatic heterocycles. The van der Waals surface area contributed by atoms with Crippen LogP contribution in [0.2, 0.25) is 0 Å². The third kappa shape index (κ3) is 5.66. The minimum Gasteiger partial charge on any atom is -0.480 e. The summed E-state index contributed by atoms with van der Waals surface area (Å²) in [5.74, 6) is -1.24. The molecule has 0 aromatic carbocycles. The van der Waals surface area contributed by atoms with Crippen LogP contribution in [0.15, 0.2) is 0 Å². The number of carboxylic acids is 1. The summed E-state index contributed by atoms with van der Waals surface area (Å²) >= 11 is 0. The summed E-state index contributed by atoms with van der Waals surface area (Å²) in [5.41, 5.74) is 10.2. The Morgan fingerprint density at radius 1 is 1.62 bits per heavy atom. The van der Waals surface area contributed by atoms with Gasteiger partial charge in [0, 0.05) is 9.76 Å². The molecule has 74 valence electrons. The average molecular weight is 189 g/mol. The number of carbonyl (C=O) groups is 1. The smallest absolute Gasteiger partial charge is 0.480 e. The lowest BCUT2D eigenvalue weighted by molar-refractivity contribution is -0.138. The number of rotatable bonds is 5. The number of hydrogen-bond donors (Lipinski definition) is 4. The molecule has 0 aliphatic rings. The van der Waals surface area contributed by atoms with Gasteiger partial charge in [0.15, 0.2) is 0 Å². The normalized spacial score (nSPS) is 11.5. The number of nitrogens with one attached hydrogen (secondary N) is 1. The Morgan fingerprint density at radius 2 is 2.23 bits per heavy atom. The summed E-state index contributed by atoms with van der Waals surface area (Å²) in [7, 11) is 0. The Morgan fingerprint density at radius 3 is 2.69 bits per heavy atom. The van der Waals surface area contributed by atoms with Crippen LogP contribution in [0, 0.1) is 4.91 Å². The van der Waals surface area contributed by atoms with Crippen molar-refractivity contribution in [1.29, 1.82) is 0 Å². The summed E-state index contributed by atoms with van der Waals surface area (Å²) in [6, 6.07) is -0.868. The van der Waals surface area contributed by atoms with Crippen molar-refractivity contribution in [3.05, 3.63) is 4.91 Å². The van der Waals surface area contributed by atoms with E-state index in [2.05, 4.69) is 10.2 Å². The average Bonchev–Trinajstić information content (AvgIpc) is 2.11. The topological polar surface area (TPSA) is 133 Å². The Balaban J connectivity index is 3.46. The van der Waals surface area contributed by atoms with Gasteiger partial charge in [-0.05, 0) is 12.8 Å². The summed E-state index contributed by atoms with van der Waals surface area (Å²) in [5, 5.41) is 10.9. The molecule has 0 amide bonds. The van der Waals surface area contributed by atoms with Crippen LogP contribution >= 0.6 is 0 Å². The molecule has 0 bridgehead atoms. The quantitative estimate of drug-likeness (QED) is 0.170. The zero-order valence-corrected chi connectivity index (χ0v) is 7.06. The van der Waals surface area contributed by atoms with Gasteiger partial charge in [0.2, 0.25) is 0 Å². The Hall–Kier alpha value is -1.59. The predicted molar refractivity (Wildman–Crippen MR) is 47.5 cm³/mol. The molecule has 0 fully saturated rings. The third-order valence-electron chi connectivity index (χ3n) is 1.41. The minimum absolute atomic E-state index is 0.205. The first-order valence-electron chi connectivity index (χ1n) is 3.76. The molecule has 0 aliphatic heterocycles. The van der Waals surface area contributed by atoms with Crippen LogP contribution < -0.4 is 21.6 Å².